The summed E-state index contributed by atoms with van der Waals surface area (Å²) in [6, 6.07) is 11.4. The maximum Gasteiger partial charge on any atom is 0.335 e. The third-order valence-electron chi connectivity index (χ3n) is 4.12. The van der Waals surface area contributed by atoms with Crippen LogP contribution in [0.3, 0.4) is 0 Å². The molecule has 4 amide bonds. The van der Waals surface area contributed by atoms with Gasteiger partial charge in [-0.15, -0.1) is 0 Å². The highest BCUT2D eigenvalue weighted by Crippen LogP contribution is 2.28. The standard InChI is InChI=1S/C21H19BrN2O4/c1-3-10-28-18-9-6-14(12-17(18)22)11-16-19(25)23-21(27)24(20(16)26)15-7-4-13(2)5-8-15/h4-9,11-12H,3,10H2,1-2H3,(H,23,25,27)/b16-11+. The lowest BCUT2D eigenvalue weighted by Crippen LogP contribution is -2.54. The van der Waals surface area contributed by atoms with Crippen LogP contribution in [-0.2, 0) is 9.59 Å². The molecule has 0 radical (unpaired) electrons. The Kier molecular flexibility index (Phi) is 5.94. The zero-order valence-corrected chi connectivity index (χ0v) is 17.1. The summed E-state index contributed by atoms with van der Waals surface area (Å²) in [5, 5.41) is 2.22. The molecule has 0 spiro atoms. The summed E-state index contributed by atoms with van der Waals surface area (Å²) in [6.45, 7) is 4.51. The molecule has 6 nitrogen and oxygen atoms in total. The van der Waals surface area contributed by atoms with Gasteiger partial charge in [-0.25, -0.2) is 9.69 Å². The molecule has 0 aliphatic carbocycles. The molecule has 1 heterocycles. The summed E-state index contributed by atoms with van der Waals surface area (Å²) in [4.78, 5) is 38.3. The third kappa shape index (κ3) is 4.14. The van der Waals surface area contributed by atoms with Crippen molar-refractivity contribution in [3.8, 4) is 5.75 Å². The minimum atomic E-state index is -0.763. The SMILES string of the molecule is CCCOc1ccc(/C=C2\C(=O)NC(=O)N(c3ccc(C)cc3)C2=O)cc1Br. The Balaban J connectivity index is 1.92. The molecule has 1 fully saturated rings. The number of halogens is 1. The van der Waals surface area contributed by atoms with Crippen molar-refractivity contribution in [3.05, 3.63) is 63.6 Å². The first kappa shape index (κ1) is 19.8. The van der Waals surface area contributed by atoms with Crippen LogP contribution in [0.1, 0.15) is 24.5 Å². The molecular formula is C21H19BrN2O4. The van der Waals surface area contributed by atoms with E-state index in [1.54, 1.807) is 42.5 Å². The van der Waals surface area contributed by atoms with E-state index < -0.39 is 17.8 Å². The van der Waals surface area contributed by atoms with Crippen molar-refractivity contribution in [2.24, 2.45) is 0 Å². The number of amides is 4. The zero-order valence-electron chi connectivity index (χ0n) is 15.5. The summed E-state index contributed by atoms with van der Waals surface area (Å²) >= 11 is 3.43. The largest absolute Gasteiger partial charge is 0.492 e. The van der Waals surface area contributed by atoms with Gasteiger partial charge in [-0.05, 0) is 65.2 Å². The first-order valence-corrected chi connectivity index (χ1v) is 9.60. The van der Waals surface area contributed by atoms with Crippen LogP contribution in [0, 0.1) is 6.92 Å². The summed E-state index contributed by atoms with van der Waals surface area (Å²) < 4.78 is 6.32. The number of rotatable bonds is 5. The van der Waals surface area contributed by atoms with Gasteiger partial charge in [-0.2, -0.15) is 0 Å². The summed E-state index contributed by atoms with van der Waals surface area (Å²) in [7, 11) is 0. The van der Waals surface area contributed by atoms with E-state index in [2.05, 4.69) is 21.2 Å². The molecule has 0 saturated carbocycles. The van der Waals surface area contributed by atoms with Gasteiger partial charge in [0, 0.05) is 0 Å². The fourth-order valence-corrected chi connectivity index (χ4v) is 3.20. The maximum absolute atomic E-state index is 12.9. The summed E-state index contributed by atoms with van der Waals surface area (Å²) in [6.07, 6.45) is 2.34. The molecule has 1 saturated heterocycles. The minimum absolute atomic E-state index is 0.116. The number of nitrogens with zero attached hydrogens (tertiary/aromatic N) is 1. The van der Waals surface area contributed by atoms with Crippen LogP contribution in [-0.4, -0.2) is 24.5 Å². The normalized spacial score (nSPS) is 15.8. The third-order valence-corrected chi connectivity index (χ3v) is 4.74. The van der Waals surface area contributed by atoms with Gasteiger partial charge in [0.15, 0.2) is 0 Å². The van der Waals surface area contributed by atoms with E-state index in [0.717, 1.165) is 16.9 Å². The number of anilines is 1. The topological polar surface area (TPSA) is 75.7 Å². The maximum atomic E-state index is 12.9. The zero-order chi connectivity index (χ0) is 20.3. The van der Waals surface area contributed by atoms with Gasteiger partial charge in [-0.1, -0.05) is 30.7 Å². The number of ether oxygens (including phenoxy) is 1. The molecule has 0 aromatic heterocycles. The summed E-state index contributed by atoms with van der Waals surface area (Å²) in [5.41, 5.74) is 1.91. The quantitative estimate of drug-likeness (QED) is 0.555. The van der Waals surface area contributed by atoms with Crippen LogP contribution in [0.15, 0.2) is 52.5 Å². The van der Waals surface area contributed by atoms with Crippen LogP contribution in [0.25, 0.3) is 6.08 Å². The number of hydrogen-bond donors (Lipinski definition) is 1. The highest BCUT2D eigenvalue weighted by molar-refractivity contribution is 9.10. The van der Waals surface area contributed by atoms with Crippen molar-refractivity contribution < 1.29 is 19.1 Å². The van der Waals surface area contributed by atoms with E-state index in [1.165, 1.54) is 6.08 Å². The van der Waals surface area contributed by atoms with Crippen molar-refractivity contribution in [2.45, 2.75) is 20.3 Å². The Hall–Kier alpha value is -2.93. The number of imide groups is 2. The number of carbonyl (C=O) groups excluding carboxylic acids is 3. The lowest BCUT2D eigenvalue weighted by Gasteiger charge is -2.26. The lowest BCUT2D eigenvalue weighted by atomic mass is 10.1. The van der Waals surface area contributed by atoms with Crippen LogP contribution < -0.4 is 15.0 Å². The van der Waals surface area contributed by atoms with E-state index >= 15 is 0 Å². The Morgan fingerprint density at radius 1 is 1.11 bits per heavy atom. The summed E-state index contributed by atoms with van der Waals surface area (Å²) in [5.74, 6) is -0.708. The van der Waals surface area contributed by atoms with Gasteiger partial charge in [0.05, 0.1) is 16.8 Å². The second-order valence-corrected chi connectivity index (χ2v) is 7.19. The van der Waals surface area contributed by atoms with Crippen LogP contribution >= 0.6 is 15.9 Å². The van der Waals surface area contributed by atoms with Crippen LogP contribution in [0.4, 0.5) is 10.5 Å². The monoisotopic (exact) mass is 442 g/mol. The van der Waals surface area contributed by atoms with E-state index in [0.29, 0.717) is 28.1 Å². The molecule has 144 valence electrons. The van der Waals surface area contributed by atoms with Gasteiger partial charge < -0.3 is 4.74 Å². The van der Waals surface area contributed by atoms with Gasteiger partial charge in [0.1, 0.15) is 11.3 Å². The fraction of sp³-hybridized carbons (Fsp3) is 0.190. The second kappa shape index (κ2) is 8.39. The number of benzene rings is 2. The smallest absolute Gasteiger partial charge is 0.335 e. The Morgan fingerprint density at radius 2 is 1.82 bits per heavy atom. The van der Waals surface area contributed by atoms with E-state index in [-0.39, 0.29) is 5.57 Å². The number of barbiturate groups is 1. The highest BCUT2D eigenvalue weighted by Gasteiger charge is 2.36. The van der Waals surface area contributed by atoms with E-state index in [1.807, 2.05) is 13.8 Å². The number of carbonyl (C=O) groups is 3. The Bertz CT molecular complexity index is 967. The Morgan fingerprint density at radius 3 is 2.46 bits per heavy atom. The molecule has 28 heavy (non-hydrogen) atoms. The van der Waals surface area contributed by atoms with Crippen molar-refractivity contribution in [1.29, 1.82) is 0 Å². The molecule has 1 aliphatic rings. The number of hydrogen-bond acceptors (Lipinski definition) is 4. The molecular weight excluding hydrogens is 424 g/mol. The molecule has 3 rings (SSSR count). The number of aryl methyl sites for hydroxylation is 1. The average molecular weight is 443 g/mol. The van der Waals surface area contributed by atoms with Gasteiger partial charge in [-0.3, -0.25) is 14.9 Å². The molecule has 1 aliphatic heterocycles. The first-order valence-electron chi connectivity index (χ1n) is 8.81. The average Bonchev–Trinajstić information content (AvgIpc) is 2.66. The van der Waals surface area contributed by atoms with Crippen molar-refractivity contribution in [3.63, 3.8) is 0 Å². The van der Waals surface area contributed by atoms with Crippen molar-refractivity contribution in [1.82, 2.24) is 5.32 Å². The van der Waals surface area contributed by atoms with E-state index in [4.69, 9.17) is 4.74 Å². The fourth-order valence-electron chi connectivity index (χ4n) is 2.69. The molecule has 0 atom stereocenters. The second-order valence-electron chi connectivity index (χ2n) is 6.33. The first-order chi connectivity index (χ1) is 13.4. The number of nitrogens with one attached hydrogen (secondary N) is 1. The predicted octanol–water partition coefficient (Wildman–Crippen LogP) is 4.21. The number of urea groups is 1. The van der Waals surface area contributed by atoms with Gasteiger partial charge in [0.2, 0.25) is 0 Å². The minimum Gasteiger partial charge on any atom is -0.492 e. The van der Waals surface area contributed by atoms with Crippen LogP contribution in [0.5, 0.6) is 5.75 Å². The Labute approximate surface area is 171 Å². The van der Waals surface area contributed by atoms with E-state index in [9.17, 15) is 14.4 Å². The van der Waals surface area contributed by atoms with Crippen LogP contribution in [0.2, 0.25) is 0 Å². The molecule has 2 aromatic rings. The van der Waals surface area contributed by atoms with Gasteiger partial charge in [0.25, 0.3) is 11.8 Å². The van der Waals surface area contributed by atoms with Crippen molar-refractivity contribution in [2.75, 3.05) is 11.5 Å². The molecule has 0 unspecified atom stereocenters. The molecule has 2 aromatic carbocycles. The molecule has 0 bridgehead atoms. The highest BCUT2D eigenvalue weighted by atomic mass is 79.9. The predicted molar refractivity (Wildman–Crippen MR) is 110 cm³/mol. The molecule has 7 heteroatoms. The van der Waals surface area contributed by atoms with Crippen molar-refractivity contribution >= 4 is 45.5 Å². The van der Waals surface area contributed by atoms with Gasteiger partial charge >= 0.3 is 6.03 Å². The lowest BCUT2D eigenvalue weighted by molar-refractivity contribution is -0.122. The molecule has 1 N–H and O–H groups in total.